The van der Waals surface area contributed by atoms with E-state index in [0.29, 0.717) is 11.4 Å². The van der Waals surface area contributed by atoms with Crippen molar-refractivity contribution in [3.63, 3.8) is 0 Å². The van der Waals surface area contributed by atoms with E-state index >= 15 is 0 Å². The van der Waals surface area contributed by atoms with Crippen LogP contribution in [0.1, 0.15) is 5.56 Å². The van der Waals surface area contributed by atoms with Crippen LogP contribution in [0.3, 0.4) is 0 Å². The van der Waals surface area contributed by atoms with Crippen molar-refractivity contribution < 1.29 is 19.4 Å². The molecular weight excluding hydrogens is 362 g/mol. The van der Waals surface area contributed by atoms with Crippen LogP contribution in [0.2, 0.25) is 0 Å². The number of fused-ring (bicyclic) bond motifs is 1. The Kier molecular flexibility index (Phi) is 4.16. The zero-order chi connectivity index (χ0) is 16.4. The van der Waals surface area contributed by atoms with Crippen molar-refractivity contribution in [3.8, 4) is 5.75 Å². The van der Waals surface area contributed by atoms with E-state index in [4.69, 9.17) is 9.84 Å². The van der Waals surface area contributed by atoms with Crippen LogP contribution in [-0.2, 0) is 9.59 Å². The summed E-state index contributed by atoms with van der Waals surface area (Å²) in [6.07, 6.45) is 1.60. The van der Waals surface area contributed by atoms with Crippen molar-refractivity contribution in [3.05, 3.63) is 64.3 Å². The number of carboxylic acid groups (broad SMARTS) is 1. The van der Waals surface area contributed by atoms with Crippen LogP contribution in [0.25, 0.3) is 6.08 Å². The molecule has 0 saturated carbocycles. The summed E-state index contributed by atoms with van der Waals surface area (Å²) in [5.41, 5.74) is 1.23. The number of hydrogen-bond acceptors (Lipinski definition) is 3. The highest BCUT2D eigenvalue weighted by Gasteiger charge is 2.31. The minimum atomic E-state index is -1.09. The summed E-state index contributed by atoms with van der Waals surface area (Å²) in [5, 5.41) is 9.06. The molecule has 0 bridgehead atoms. The molecule has 1 amide bonds. The lowest BCUT2D eigenvalue weighted by Crippen LogP contribution is -2.40. The maximum atomic E-state index is 12.6. The van der Waals surface area contributed by atoms with Gasteiger partial charge in [-0.2, -0.15) is 0 Å². The summed E-state index contributed by atoms with van der Waals surface area (Å²) < 4.78 is 6.53. The van der Waals surface area contributed by atoms with Crippen LogP contribution < -0.4 is 9.64 Å². The second kappa shape index (κ2) is 6.26. The minimum Gasteiger partial charge on any atom is -0.480 e. The summed E-state index contributed by atoms with van der Waals surface area (Å²) in [5.74, 6) is -1.03. The van der Waals surface area contributed by atoms with Gasteiger partial charge in [0, 0.05) is 4.47 Å². The molecule has 0 aromatic heterocycles. The zero-order valence-electron chi connectivity index (χ0n) is 11.9. The predicted molar refractivity (Wildman–Crippen MR) is 89.2 cm³/mol. The predicted octanol–water partition coefficient (Wildman–Crippen LogP) is 3.30. The Morgan fingerprint density at radius 1 is 1.22 bits per heavy atom. The number of aliphatic carboxylic acids is 1. The van der Waals surface area contributed by atoms with Gasteiger partial charge in [-0.05, 0) is 35.9 Å². The van der Waals surface area contributed by atoms with Gasteiger partial charge in [-0.15, -0.1) is 0 Å². The molecule has 23 heavy (non-hydrogen) atoms. The van der Waals surface area contributed by atoms with Gasteiger partial charge < -0.3 is 9.84 Å². The van der Waals surface area contributed by atoms with Crippen molar-refractivity contribution in [2.75, 3.05) is 11.4 Å². The van der Waals surface area contributed by atoms with Crippen LogP contribution in [0, 0.1) is 0 Å². The van der Waals surface area contributed by atoms with Gasteiger partial charge in [0.25, 0.3) is 5.91 Å². The number of ether oxygens (including phenoxy) is 1. The molecule has 5 nitrogen and oxygen atoms in total. The van der Waals surface area contributed by atoms with Crippen molar-refractivity contribution in [2.45, 2.75) is 0 Å². The fourth-order valence-electron chi connectivity index (χ4n) is 2.30. The van der Waals surface area contributed by atoms with E-state index in [1.54, 1.807) is 30.3 Å². The molecule has 116 valence electrons. The van der Waals surface area contributed by atoms with Crippen molar-refractivity contribution >= 4 is 39.6 Å². The lowest BCUT2D eigenvalue weighted by molar-refractivity contribution is -0.136. The molecule has 2 aromatic carbocycles. The Hall–Kier alpha value is -2.60. The molecule has 0 saturated heterocycles. The van der Waals surface area contributed by atoms with Gasteiger partial charge in [-0.25, -0.2) is 0 Å². The first-order valence-electron chi connectivity index (χ1n) is 6.82. The van der Waals surface area contributed by atoms with Crippen LogP contribution in [-0.4, -0.2) is 23.5 Å². The van der Waals surface area contributed by atoms with E-state index < -0.39 is 18.4 Å². The Labute approximate surface area is 140 Å². The normalized spacial score (nSPS) is 15.3. The lowest BCUT2D eigenvalue weighted by Gasteiger charge is -2.29. The third kappa shape index (κ3) is 3.27. The number of anilines is 1. The van der Waals surface area contributed by atoms with Gasteiger partial charge in [0.05, 0.1) is 5.69 Å². The molecule has 6 heteroatoms. The van der Waals surface area contributed by atoms with E-state index in [-0.39, 0.29) is 5.76 Å². The molecule has 1 heterocycles. The van der Waals surface area contributed by atoms with Crippen LogP contribution in [0.5, 0.6) is 5.75 Å². The number of carbonyl (C=O) groups is 2. The van der Waals surface area contributed by atoms with Crippen molar-refractivity contribution in [1.82, 2.24) is 0 Å². The first kappa shape index (κ1) is 15.3. The first-order valence-corrected chi connectivity index (χ1v) is 7.62. The maximum absolute atomic E-state index is 12.6. The quantitative estimate of drug-likeness (QED) is 0.838. The zero-order valence-corrected chi connectivity index (χ0v) is 13.5. The molecular formula is C17H12BrNO4. The molecule has 0 fully saturated rings. The fourth-order valence-corrected chi connectivity index (χ4v) is 2.72. The largest absolute Gasteiger partial charge is 0.480 e. The fraction of sp³-hybridized carbons (Fsp3) is 0.0588. The molecule has 1 N–H and O–H groups in total. The van der Waals surface area contributed by atoms with Gasteiger partial charge in [0.15, 0.2) is 11.5 Å². The van der Waals surface area contributed by atoms with Gasteiger partial charge in [-0.3, -0.25) is 14.5 Å². The lowest BCUT2D eigenvalue weighted by atomic mass is 10.1. The number of amides is 1. The molecule has 0 radical (unpaired) electrons. The summed E-state index contributed by atoms with van der Waals surface area (Å²) in [7, 11) is 0. The number of benzene rings is 2. The molecule has 1 aliphatic rings. The number of halogens is 1. The van der Waals surface area contributed by atoms with Crippen molar-refractivity contribution in [2.24, 2.45) is 0 Å². The van der Waals surface area contributed by atoms with Gasteiger partial charge in [-0.1, -0.05) is 40.2 Å². The summed E-state index contributed by atoms with van der Waals surface area (Å²) >= 11 is 3.37. The van der Waals surface area contributed by atoms with Crippen LogP contribution in [0.4, 0.5) is 5.69 Å². The minimum absolute atomic E-state index is 0.0862. The Morgan fingerprint density at radius 3 is 2.74 bits per heavy atom. The molecule has 2 aromatic rings. The number of carbonyl (C=O) groups excluding carboxylic acids is 1. The SMILES string of the molecule is O=C(O)CN1C(=O)/C(=C\c2cccc(Br)c2)Oc2ccccc21. The van der Waals surface area contributed by atoms with Crippen LogP contribution >= 0.6 is 15.9 Å². The van der Waals surface area contributed by atoms with Crippen molar-refractivity contribution in [1.29, 1.82) is 0 Å². The molecule has 0 aliphatic carbocycles. The van der Waals surface area contributed by atoms with Gasteiger partial charge in [0.1, 0.15) is 6.54 Å². The molecule has 0 atom stereocenters. The van der Waals surface area contributed by atoms with Crippen LogP contribution in [0.15, 0.2) is 58.8 Å². The Morgan fingerprint density at radius 2 is 2.00 bits per heavy atom. The smallest absolute Gasteiger partial charge is 0.323 e. The molecule has 3 rings (SSSR count). The number of nitrogens with zero attached hydrogens (tertiary/aromatic N) is 1. The monoisotopic (exact) mass is 373 g/mol. The molecule has 1 aliphatic heterocycles. The molecule has 0 spiro atoms. The highest BCUT2D eigenvalue weighted by atomic mass is 79.9. The van der Waals surface area contributed by atoms with E-state index in [2.05, 4.69) is 15.9 Å². The number of hydrogen-bond donors (Lipinski definition) is 1. The summed E-state index contributed by atoms with van der Waals surface area (Å²) in [4.78, 5) is 24.8. The standard InChI is InChI=1S/C17H12BrNO4/c18-12-5-3-4-11(8-12)9-15-17(22)19(10-16(20)21)13-6-1-2-7-14(13)23-15/h1-9H,10H2,(H,20,21)/b15-9+. The summed E-state index contributed by atoms with van der Waals surface area (Å²) in [6, 6.07) is 14.2. The Bertz CT molecular complexity index is 816. The second-order valence-electron chi connectivity index (χ2n) is 4.92. The molecule has 0 unspecified atom stereocenters. The van der Waals surface area contributed by atoms with E-state index in [1.165, 1.54) is 4.90 Å². The topological polar surface area (TPSA) is 66.8 Å². The van der Waals surface area contributed by atoms with Gasteiger partial charge in [0.2, 0.25) is 0 Å². The van der Waals surface area contributed by atoms with Gasteiger partial charge >= 0.3 is 5.97 Å². The van der Waals surface area contributed by atoms with E-state index in [9.17, 15) is 9.59 Å². The summed E-state index contributed by atoms with van der Waals surface area (Å²) in [6.45, 7) is -0.422. The van der Waals surface area contributed by atoms with E-state index in [1.807, 2.05) is 24.3 Å². The number of carboxylic acids is 1. The number of rotatable bonds is 3. The highest BCUT2D eigenvalue weighted by Crippen LogP contribution is 2.35. The third-order valence-electron chi connectivity index (χ3n) is 3.27. The third-order valence-corrected chi connectivity index (χ3v) is 3.76. The average Bonchev–Trinajstić information content (AvgIpc) is 2.51. The highest BCUT2D eigenvalue weighted by molar-refractivity contribution is 9.10. The first-order chi connectivity index (χ1) is 11.0. The second-order valence-corrected chi connectivity index (χ2v) is 5.83. The Balaban J connectivity index is 2.04. The average molecular weight is 374 g/mol. The number of para-hydroxylation sites is 2. The maximum Gasteiger partial charge on any atom is 0.323 e. The van der Waals surface area contributed by atoms with E-state index in [0.717, 1.165) is 10.0 Å².